The molecule has 0 N–H and O–H groups in total. The molecule has 0 bridgehead atoms. The fraction of sp³-hybridized carbons (Fsp3) is 0.800. The maximum atomic E-state index is 11.6. The summed E-state index contributed by atoms with van der Waals surface area (Å²) >= 11 is 0. The first kappa shape index (κ1) is 27.7. The Morgan fingerprint density at radius 2 is 1.18 bits per heavy atom. The first-order valence-electron chi connectivity index (χ1n) is 5.97. The van der Waals surface area contributed by atoms with Gasteiger partial charge in [-0.1, -0.05) is 12.8 Å². The van der Waals surface area contributed by atoms with E-state index in [-0.39, 0.29) is 57.0 Å². The van der Waals surface area contributed by atoms with Crippen LogP contribution in [0.1, 0.15) is 38.5 Å². The average Bonchev–Trinajstić information content (AvgIpc) is 2.39. The predicted octanol–water partition coefficient (Wildman–Crippen LogP) is -5.21. The van der Waals surface area contributed by atoms with Gasteiger partial charge < -0.3 is 23.4 Å². The normalized spacial score (nSPS) is 11.3. The minimum atomic E-state index is -5.12. The van der Waals surface area contributed by atoms with Gasteiger partial charge in [0.15, 0.2) is 5.52 Å². The van der Waals surface area contributed by atoms with E-state index in [4.69, 9.17) is 0 Å². The van der Waals surface area contributed by atoms with Gasteiger partial charge in [0.2, 0.25) is 5.52 Å². The second-order valence-corrected chi connectivity index (χ2v) is 7.78. The molecule has 0 unspecified atom stereocenters. The van der Waals surface area contributed by atoms with E-state index in [9.17, 15) is 28.5 Å². The molecule has 12 heteroatoms. The van der Waals surface area contributed by atoms with Crippen LogP contribution in [-0.2, 0) is 27.8 Å². The van der Waals surface area contributed by atoms with Crippen molar-refractivity contribution in [2.75, 3.05) is 14.2 Å². The van der Waals surface area contributed by atoms with Gasteiger partial charge in [-0.3, -0.25) is 14.2 Å². The van der Waals surface area contributed by atoms with Crippen LogP contribution in [0.4, 0.5) is 0 Å². The number of rotatable bonds is 11. The van der Waals surface area contributed by atoms with Gasteiger partial charge in [-0.2, -0.15) is 0 Å². The quantitative estimate of drug-likeness (QED) is 0.207. The Hall–Kier alpha value is 0.835. The summed E-state index contributed by atoms with van der Waals surface area (Å²) in [5.74, 6) is 0. The zero-order chi connectivity index (χ0) is 15.8. The number of unbranched alkanes of at least 4 members (excludes halogenated alkanes) is 3. The van der Waals surface area contributed by atoms with Crippen LogP contribution < -0.4 is 47.5 Å². The van der Waals surface area contributed by atoms with Crippen LogP contribution in [0.5, 0.6) is 0 Å². The molecule has 118 valence electrons. The molecule has 0 fully saturated rings. The molecule has 0 aromatic heterocycles. The SMILES string of the molecule is COP(=O)(OC)C(=O)CCCCCCC(=O)P(=O)([O-])[O-].[Li+].[Li+]. The molecular formula is C10H18Li2O8P2. The van der Waals surface area contributed by atoms with E-state index in [1.165, 1.54) is 0 Å². The average molecular weight is 342 g/mol. The van der Waals surface area contributed by atoms with Crippen molar-refractivity contribution >= 4 is 26.2 Å². The second-order valence-electron chi connectivity index (χ2n) is 4.06. The Bertz CT molecular complexity index is 429. The number of hydrogen-bond donors (Lipinski definition) is 0. The monoisotopic (exact) mass is 342 g/mol. The molecule has 0 saturated carbocycles. The maximum Gasteiger partial charge on any atom is 1.00 e. The second kappa shape index (κ2) is 13.2. The third kappa shape index (κ3) is 10.6. The largest absolute Gasteiger partial charge is 1.00 e. The molecule has 0 rings (SSSR count). The van der Waals surface area contributed by atoms with E-state index in [1.807, 2.05) is 0 Å². The fourth-order valence-electron chi connectivity index (χ4n) is 1.46. The van der Waals surface area contributed by atoms with Crippen LogP contribution in [0.15, 0.2) is 0 Å². The molecule has 0 aliphatic heterocycles. The van der Waals surface area contributed by atoms with Gasteiger partial charge >= 0.3 is 45.3 Å². The summed E-state index contributed by atoms with van der Waals surface area (Å²) in [6.07, 6.45) is 1.39. The summed E-state index contributed by atoms with van der Waals surface area (Å²) in [4.78, 5) is 43.0. The van der Waals surface area contributed by atoms with Gasteiger partial charge in [0.05, 0.1) is 0 Å². The van der Waals surface area contributed by atoms with Crippen molar-refractivity contribution in [2.24, 2.45) is 0 Å². The summed E-state index contributed by atoms with van der Waals surface area (Å²) < 4.78 is 31.0. The van der Waals surface area contributed by atoms with E-state index < -0.39 is 26.2 Å². The Balaban J connectivity index is -0.00000180. The molecule has 0 spiro atoms. The van der Waals surface area contributed by atoms with Gasteiger partial charge in [0, 0.05) is 34.7 Å². The Labute approximate surface area is 154 Å². The third-order valence-corrected chi connectivity index (χ3v) is 5.25. The molecule has 0 heterocycles. The van der Waals surface area contributed by atoms with E-state index in [2.05, 4.69) is 9.05 Å². The first-order valence-corrected chi connectivity index (χ1v) is 9.06. The van der Waals surface area contributed by atoms with Crippen LogP contribution in [0, 0.1) is 0 Å². The first-order chi connectivity index (χ1) is 9.17. The predicted molar refractivity (Wildman–Crippen MR) is 66.9 cm³/mol. The van der Waals surface area contributed by atoms with Gasteiger partial charge in [0.1, 0.15) is 0 Å². The molecular weight excluding hydrogens is 324 g/mol. The molecule has 0 aliphatic rings. The summed E-state index contributed by atoms with van der Waals surface area (Å²) in [5, 5.41) is 0. The molecule has 0 atom stereocenters. The topological polar surface area (TPSA) is 133 Å². The van der Waals surface area contributed by atoms with Gasteiger partial charge in [0.25, 0.3) is 0 Å². The number of hydrogen-bond acceptors (Lipinski definition) is 8. The van der Waals surface area contributed by atoms with Gasteiger partial charge in [-0.15, -0.1) is 0 Å². The van der Waals surface area contributed by atoms with Crippen molar-refractivity contribution < 1.29 is 75.3 Å². The van der Waals surface area contributed by atoms with Crippen LogP contribution in [0.25, 0.3) is 0 Å². The third-order valence-electron chi connectivity index (χ3n) is 2.62. The van der Waals surface area contributed by atoms with E-state index in [0.717, 1.165) is 14.2 Å². The van der Waals surface area contributed by atoms with Crippen molar-refractivity contribution in [2.45, 2.75) is 38.5 Å². The number of carbonyl (C=O) groups is 2. The molecule has 22 heavy (non-hydrogen) atoms. The van der Waals surface area contributed by atoms with E-state index >= 15 is 0 Å². The minimum absolute atomic E-state index is 0. The van der Waals surface area contributed by atoms with Crippen molar-refractivity contribution in [1.29, 1.82) is 0 Å². The summed E-state index contributed by atoms with van der Waals surface area (Å²) in [7, 11) is -6.55. The van der Waals surface area contributed by atoms with E-state index in [0.29, 0.717) is 19.3 Å². The van der Waals surface area contributed by atoms with Crippen LogP contribution in [-0.4, -0.2) is 25.3 Å². The Kier molecular flexibility index (Phi) is 16.6. The number of carbonyl (C=O) groups excluding carboxylic acids is 2. The van der Waals surface area contributed by atoms with Crippen LogP contribution >= 0.6 is 15.2 Å². The molecule has 8 nitrogen and oxygen atoms in total. The fourth-order valence-corrected chi connectivity index (χ4v) is 2.88. The van der Waals surface area contributed by atoms with Crippen molar-refractivity contribution in [1.82, 2.24) is 0 Å². The van der Waals surface area contributed by atoms with Crippen molar-refractivity contribution in [3.05, 3.63) is 0 Å². The zero-order valence-electron chi connectivity index (χ0n) is 13.4. The minimum Gasteiger partial charge on any atom is -0.805 e. The van der Waals surface area contributed by atoms with Crippen LogP contribution in [0.3, 0.4) is 0 Å². The molecule has 0 amide bonds. The summed E-state index contributed by atoms with van der Waals surface area (Å²) in [6, 6.07) is 0. The zero-order valence-corrected chi connectivity index (χ0v) is 15.2. The standard InChI is InChI=1S/C10H20O8P2.2Li/c1-17-20(16,18-2)10(12)8-6-4-3-5-7-9(11)19(13,14)15;;/h3-8H2,1-2H3,(H2,13,14,15);;/q;2*+1/p-2. The maximum absolute atomic E-state index is 11.6. The molecule has 0 saturated heterocycles. The van der Waals surface area contributed by atoms with E-state index in [1.54, 1.807) is 0 Å². The summed E-state index contributed by atoms with van der Waals surface area (Å²) in [5.41, 5.74) is -1.92. The smallest absolute Gasteiger partial charge is 0.805 e. The van der Waals surface area contributed by atoms with Crippen molar-refractivity contribution in [3.63, 3.8) is 0 Å². The molecule has 0 aliphatic carbocycles. The van der Waals surface area contributed by atoms with Gasteiger partial charge in [-0.05, 0) is 12.8 Å². The molecule has 0 aromatic rings. The Morgan fingerprint density at radius 3 is 1.50 bits per heavy atom. The molecule has 0 radical (unpaired) electrons. The summed E-state index contributed by atoms with van der Waals surface area (Å²) in [6.45, 7) is 0. The van der Waals surface area contributed by atoms with Gasteiger partial charge in [-0.25, -0.2) is 0 Å². The Morgan fingerprint density at radius 1 is 0.818 bits per heavy atom. The molecule has 0 aromatic carbocycles. The van der Waals surface area contributed by atoms with Crippen molar-refractivity contribution in [3.8, 4) is 0 Å². The van der Waals surface area contributed by atoms with Crippen LogP contribution in [0.2, 0.25) is 0 Å².